The molecular weight excluding hydrogens is 350 g/mol. The van der Waals surface area contributed by atoms with Crippen molar-refractivity contribution in [2.24, 2.45) is 5.92 Å². The lowest BCUT2D eigenvalue weighted by Gasteiger charge is -2.28. The van der Waals surface area contributed by atoms with Gasteiger partial charge in [-0.2, -0.15) is 0 Å². The van der Waals surface area contributed by atoms with Gasteiger partial charge in [0.25, 0.3) is 0 Å². The quantitative estimate of drug-likeness (QED) is 0.836. The number of hydrogen-bond acceptors (Lipinski definition) is 2. The van der Waals surface area contributed by atoms with Crippen LogP contribution < -0.4 is 5.32 Å². The van der Waals surface area contributed by atoms with Crippen molar-refractivity contribution in [1.29, 1.82) is 0 Å². The second kappa shape index (κ2) is 8.63. The highest BCUT2D eigenvalue weighted by atomic mass is 16.2. The summed E-state index contributed by atoms with van der Waals surface area (Å²) in [6.07, 6.45) is 6.49. The normalized spacial score (nSPS) is 18.7. The molecule has 1 N–H and O–H groups in total. The molecule has 0 bridgehead atoms. The SMILES string of the molecule is O=C(Nc1cccc2ccccc12)N1CCCN(C(=O)C2CCCCC2)CC1. The molecule has 4 rings (SSSR count). The minimum atomic E-state index is -0.0803. The predicted octanol–water partition coefficient (Wildman–Crippen LogP) is 4.49. The highest BCUT2D eigenvalue weighted by Crippen LogP contribution is 2.26. The Bertz CT molecular complexity index is 839. The van der Waals surface area contributed by atoms with Crippen LogP contribution in [0.2, 0.25) is 0 Å². The van der Waals surface area contributed by atoms with E-state index in [1.165, 1.54) is 19.3 Å². The Balaban J connectivity index is 1.38. The number of amides is 3. The van der Waals surface area contributed by atoms with Gasteiger partial charge in [0, 0.05) is 37.5 Å². The van der Waals surface area contributed by atoms with Gasteiger partial charge >= 0.3 is 6.03 Å². The van der Waals surface area contributed by atoms with E-state index in [0.29, 0.717) is 25.5 Å². The molecule has 2 aromatic carbocycles. The molecule has 2 aliphatic rings. The first-order chi connectivity index (χ1) is 13.7. The number of anilines is 1. The zero-order chi connectivity index (χ0) is 19.3. The Morgan fingerprint density at radius 1 is 0.786 bits per heavy atom. The van der Waals surface area contributed by atoms with Crippen LogP contribution in [0.25, 0.3) is 10.8 Å². The molecule has 0 radical (unpaired) electrons. The third kappa shape index (κ3) is 4.13. The molecule has 1 saturated carbocycles. The number of nitrogens with one attached hydrogen (secondary N) is 1. The Labute approximate surface area is 166 Å². The van der Waals surface area contributed by atoms with E-state index in [9.17, 15) is 9.59 Å². The van der Waals surface area contributed by atoms with Crippen LogP contribution in [0.3, 0.4) is 0 Å². The molecule has 0 unspecified atom stereocenters. The summed E-state index contributed by atoms with van der Waals surface area (Å²) in [5, 5.41) is 5.23. The van der Waals surface area contributed by atoms with Gasteiger partial charge in [0.15, 0.2) is 0 Å². The number of rotatable bonds is 2. The molecular formula is C23H29N3O2. The van der Waals surface area contributed by atoms with Gasteiger partial charge in [-0.05, 0) is 30.7 Å². The monoisotopic (exact) mass is 379 g/mol. The predicted molar refractivity (Wildman–Crippen MR) is 112 cm³/mol. The van der Waals surface area contributed by atoms with Gasteiger partial charge in [0.1, 0.15) is 0 Å². The van der Waals surface area contributed by atoms with Crippen LogP contribution in [-0.4, -0.2) is 47.9 Å². The fourth-order valence-corrected chi connectivity index (χ4v) is 4.48. The van der Waals surface area contributed by atoms with E-state index >= 15 is 0 Å². The zero-order valence-electron chi connectivity index (χ0n) is 16.4. The molecule has 1 aliphatic carbocycles. The van der Waals surface area contributed by atoms with E-state index < -0.39 is 0 Å². The van der Waals surface area contributed by atoms with Crippen LogP contribution in [0.15, 0.2) is 42.5 Å². The van der Waals surface area contributed by atoms with Crippen molar-refractivity contribution < 1.29 is 9.59 Å². The van der Waals surface area contributed by atoms with Crippen LogP contribution in [-0.2, 0) is 4.79 Å². The van der Waals surface area contributed by atoms with E-state index in [1.54, 1.807) is 0 Å². The van der Waals surface area contributed by atoms with Crippen molar-refractivity contribution in [1.82, 2.24) is 9.80 Å². The lowest BCUT2D eigenvalue weighted by Crippen LogP contribution is -2.41. The zero-order valence-corrected chi connectivity index (χ0v) is 16.4. The molecule has 1 aliphatic heterocycles. The Kier molecular flexibility index (Phi) is 5.79. The van der Waals surface area contributed by atoms with Crippen molar-refractivity contribution in [2.45, 2.75) is 38.5 Å². The third-order valence-corrected chi connectivity index (χ3v) is 6.08. The Hall–Kier alpha value is -2.56. The van der Waals surface area contributed by atoms with Crippen LogP contribution in [0.1, 0.15) is 38.5 Å². The van der Waals surface area contributed by atoms with Gasteiger partial charge in [-0.1, -0.05) is 55.7 Å². The molecule has 1 heterocycles. The average Bonchev–Trinajstić information content (AvgIpc) is 3.00. The number of urea groups is 1. The van der Waals surface area contributed by atoms with Gasteiger partial charge in [-0.25, -0.2) is 4.79 Å². The Morgan fingerprint density at radius 3 is 2.36 bits per heavy atom. The van der Waals surface area contributed by atoms with E-state index in [1.807, 2.05) is 52.3 Å². The first-order valence-corrected chi connectivity index (χ1v) is 10.5. The van der Waals surface area contributed by atoms with Gasteiger partial charge in [-0.15, -0.1) is 0 Å². The maximum atomic E-state index is 12.9. The van der Waals surface area contributed by atoms with Gasteiger partial charge in [0.05, 0.1) is 5.69 Å². The maximum absolute atomic E-state index is 12.9. The Morgan fingerprint density at radius 2 is 1.50 bits per heavy atom. The minimum Gasteiger partial charge on any atom is -0.341 e. The molecule has 2 fully saturated rings. The molecule has 5 heteroatoms. The number of carbonyl (C=O) groups excluding carboxylic acids is 2. The van der Waals surface area contributed by atoms with E-state index in [4.69, 9.17) is 0 Å². The second-order valence-corrected chi connectivity index (χ2v) is 7.96. The smallest absolute Gasteiger partial charge is 0.321 e. The first kappa shape index (κ1) is 18.8. The fourth-order valence-electron chi connectivity index (χ4n) is 4.48. The molecule has 1 saturated heterocycles. The molecule has 0 spiro atoms. The van der Waals surface area contributed by atoms with E-state index in [2.05, 4.69) is 5.32 Å². The molecule has 5 nitrogen and oxygen atoms in total. The number of fused-ring (bicyclic) bond motifs is 1. The third-order valence-electron chi connectivity index (χ3n) is 6.08. The summed E-state index contributed by atoms with van der Waals surface area (Å²) < 4.78 is 0. The van der Waals surface area contributed by atoms with Crippen molar-refractivity contribution in [2.75, 3.05) is 31.5 Å². The summed E-state index contributed by atoms with van der Waals surface area (Å²) >= 11 is 0. The topological polar surface area (TPSA) is 52.7 Å². The molecule has 0 aromatic heterocycles. The van der Waals surface area contributed by atoms with Crippen molar-refractivity contribution in [3.05, 3.63) is 42.5 Å². The molecule has 3 amide bonds. The molecule has 28 heavy (non-hydrogen) atoms. The van der Waals surface area contributed by atoms with Crippen LogP contribution in [0, 0.1) is 5.92 Å². The number of hydrogen-bond donors (Lipinski definition) is 1. The number of nitrogens with zero attached hydrogens (tertiary/aromatic N) is 2. The van der Waals surface area contributed by atoms with E-state index in [0.717, 1.165) is 42.3 Å². The van der Waals surface area contributed by atoms with Gasteiger partial charge in [-0.3, -0.25) is 4.79 Å². The lowest BCUT2D eigenvalue weighted by atomic mass is 9.88. The summed E-state index contributed by atoms with van der Waals surface area (Å²) in [7, 11) is 0. The van der Waals surface area contributed by atoms with Crippen molar-refractivity contribution in [3.63, 3.8) is 0 Å². The standard InChI is InChI=1S/C23H29N3O2/c27-22(19-9-2-1-3-10-19)25-14-7-15-26(17-16-25)23(28)24-21-13-6-11-18-8-4-5-12-20(18)21/h4-6,8,11-13,19H,1-3,7,9-10,14-17H2,(H,24,28). The average molecular weight is 380 g/mol. The van der Waals surface area contributed by atoms with Crippen molar-refractivity contribution in [3.8, 4) is 0 Å². The summed E-state index contributed by atoms with van der Waals surface area (Å²) in [5.41, 5.74) is 0.836. The van der Waals surface area contributed by atoms with Crippen molar-refractivity contribution >= 4 is 28.4 Å². The number of benzene rings is 2. The van der Waals surface area contributed by atoms with Crippen LogP contribution in [0.5, 0.6) is 0 Å². The van der Waals surface area contributed by atoms with Gasteiger partial charge in [0.2, 0.25) is 5.91 Å². The second-order valence-electron chi connectivity index (χ2n) is 7.96. The van der Waals surface area contributed by atoms with E-state index in [-0.39, 0.29) is 11.9 Å². The summed E-state index contributed by atoms with van der Waals surface area (Å²) in [6, 6.07) is 13.9. The molecule has 2 aromatic rings. The molecule has 0 atom stereocenters. The fraction of sp³-hybridized carbons (Fsp3) is 0.478. The van der Waals surface area contributed by atoms with Crippen LogP contribution >= 0.6 is 0 Å². The summed E-state index contributed by atoms with van der Waals surface area (Å²) in [4.78, 5) is 29.5. The lowest BCUT2D eigenvalue weighted by molar-refractivity contribution is -0.136. The van der Waals surface area contributed by atoms with Gasteiger partial charge < -0.3 is 15.1 Å². The molecule has 148 valence electrons. The maximum Gasteiger partial charge on any atom is 0.321 e. The largest absolute Gasteiger partial charge is 0.341 e. The highest BCUT2D eigenvalue weighted by Gasteiger charge is 2.28. The highest BCUT2D eigenvalue weighted by molar-refractivity contribution is 6.01. The first-order valence-electron chi connectivity index (χ1n) is 10.5. The summed E-state index contributed by atoms with van der Waals surface area (Å²) in [6.45, 7) is 2.67. The summed E-state index contributed by atoms with van der Waals surface area (Å²) in [5.74, 6) is 0.501. The van der Waals surface area contributed by atoms with Crippen LogP contribution in [0.4, 0.5) is 10.5 Å². The minimum absolute atomic E-state index is 0.0803. The number of carbonyl (C=O) groups is 2.